The van der Waals surface area contributed by atoms with Crippen LogP contribution in [0.5, 0.6) is 0 Å². The predicted molar refractivity (Wildman–Crippen MR) is 127 cm³/mol. The maximum absolute atomic E-state index is 6.57. The Kier molecular flexibility index (Phi) is 16.1. The molecule has 0 rings (SSSR count). The third kappa shape index (κ3) is 9.13. The van der Waals surface area contributed by atoms with Crippen LogP contribution in [-0.2, 0) is 43.9 Å². The molecule has 0 spiro atoms. The Balaban J connectivity index is 6.48. The van der Waals surface area contributed by atoms with Crippen molar-refractivity contribution in [1.29, 1.82) is 0 Å². The molecule has 0 unspecified atom stereocenters. The van der Waals surface area contributed by atoms with E-state index in [1.807, 2.05) is 69.2 Å². The Hall–Kier alpha value is 0.251. The fourth-order valence-electron chi connectivity index (χ4n) is 2.98. The Labute approximate surface area is 198 Å². The van der Waals surface area contributed by atoms with Crippen LogP contribution >= 0.6 is 0 Å². The van der Waals surface area contributed by atoms with Gasteiger partial charge in [0.1, 0.15) is 5.22 Å². The fourth-order valence-corrected chi connectivity index (χ4v) is 12.3. The minimum absolute atomic E-state index is 0.320. The predicted octanol–water partition coefficient (Wildman–Crippen LogP) is 3.44. The number of rotatable bonds is 21. The second-order valence-electron chi connectivity index (χ2n) is 6.73. The molecule has 10 nitrogen and oxygen atoms in total. The summed E-state index contributed by atoms with van der Waals surface area (Å²) in [6.07, 6.45) is 0. The van der Waals surface area contributed by atoms with Crippen molar-refractivity contribution in [2.24, 2.45) is 0 Å². The molecule has 0 aliphatic rings. The van der Waals surface area contributed by atoms with Gasteiger partial charge in [-0.2, -0.15) is 0 Å². The molecule has 0 N–H and O–H groups in total. The molecule has 0 heterocycles. The van der Waals surface area contributed by atoms with Gasteiger partial charge in [0.05, 0.1) is 0 Å². The lowest BCUT2D eigenvalue weighted by Crippen LogP contribution is -2.72. The van der Waals surface area contributed by atoms with E-state index in [-0.39, 0.29) is 0 Å². The van der Waals surface area contributed by atoms with Crippen molar-refractivity contribution in [3.63, 3.8) is 0 Å². The molecule has 0 saturated heterocycles. The Bertz CT molecular complexity index is 444. The van der Waals surface area contributed by atoms with Crippen LogP contribution in [0.1, 0.15) is 69.2 Å². The first-order valence-electron chi connectivity index (χ1n) is 11.7. The zero-order chi connectivity index (χ0) is 24.7. The highest BCUT2D eigenvalue weighted by Gasteiger charge is 2.68. The van der Waals surface area contributed by atoms with E-state index < -0.39 is 32.1 Å². The summed E-state index contributed by atoms with van der Waals surface area (Å²) in [5.41, 5.74) is 0. The Morgan fingerprint density at radius 3 is 1.00 bits per heavy atom. The van der Waals surface area contributed by atoms with Crippen molar-refractivity contribution in [3.05, 3.63) is 0 Å². The maximum Gasteiger partial charge on any atom is 0.680 e. The highest BCUT2D eigenvalue weighted by atomic mass is 28.5. The molecule has 0 saturated carbocycles. The van der Waals surface area contributed by atoms with Crippen LogP contribution in [-0.4, -0.2) is 85.0 Å². The van der Waals surface area contributed by atoms with Crippen LogP contribution in [0.15, 0.2) is 0 Å². The molecule has 0 atom stereocenters. The first-order chi connectivity index (χ1) is 15.1. The topological polar surface area (TPSA) is 92.3 Å². The standard InChI is InChI=1S/C19H46O10Si3/c1-11-20-30(21-12-2,29-32(25-16-6,26-17-7)27-18-8)19(9,10)28-31(22-13-3,23-14-4)24-15-5/h11-18H2,1-10H3. The van der Waals surface area contributed by atoms with Gasteiger partial charge in [-0.15, -0.1) is 0 Å². The van der Waals surface area contributed by atoms with Crippen molar-refractivity contribution >= 4 is 26.9 Å². The van der Waals surface area contributed by atoms with Gasteiger partial charge < -0.3 is 43.9 Å². The minimum atomic E-state index is -3.71. The third-order valence-corrected chi connectivity index (χ3v) is 13.8. The van der Waals surface area contributed by atoms with Crippen molar-refractivity contribution in [2.45, 2.75) is 74.5 Å². The molecule has 0 aliphatic carbocycles. The van der Waals surface area contributed by atoms with Gasteiger partial charge in [-0.05, 0) is 69.2 Å². The van der Waals surface area contributed by atoms with Gasteiger partial charge in [-0.3, -0.25) is 0 Å². The molecule has 13 heteroatoms. The lowest BCUT2D eigenvalue weighted by molar-refractivity contribution is -0.0932. The molecule has 0 aromatic heterocycles. The van der Waals surface area contributed by atoms with E-state index in [1.54, 1.807) is 0 Å². The second-order valence-corrected chi connectivity index (χ2v) is 14.4. The maximum atomic E-state index is 6.57. The Morgan fingerprint density at radius 1 is 0.438 bits per heavy atom. The molecule has 0 fully saturated rings. The Morgan fingerprint density at radius 2 is 0.719 bits per heavy atom. The smallest absolute Gasteiger partial charge is 0.373 e. The highest BCUT2D eigenvalue weighted by molar-refractivity contribution is 6.74. The summed E-state index contributed by atoms with van der Waals surface area (Å²) in [5.74, 6) is 0. The molecule has 0 aromatic carbocycles. The molecular weight excluding hydrogens is 472 g/mol. The molecule has 0 amide bonds. The summed E-state index contributed by atoms with van der Waals surface area (Å²) in [7, 11) is -10.9. The number of hydrogen-bond donors (Lipinski definition) is 0. The SMILES string of the molecule is CCO[Si](OCC)(OCC)OC(C)(C)[Si](OCC)(OCC)O[Si](OCC)(OCC)OCC. The first kappa shape index (κ1) is 32.3. The summed E-state index contributed by atoms with van der Waals surface area (Å²) in [5, 5.41) is -1.14. The lowest BCUT2D eigenvalue weighted by atomic mass is 10.5. The molecule has 32 heavy (non-hydrogen) atoms. The summed E-state index contributed by atoms with van der Waals surface area (Å²) in [4.78, 5) is 0. The highest BCUT2D eigenvalue weighted by Crippen LogP contribution is 2.35. The molecule has 0 bridgehead atoms. The molecule has 0 radical (unpaired) electrons. The summed E-state index contributed by atoms with van der Waals surface area (Å²) in [6, 6.07) is 0. The van der Waals surface area contributed by atoms with Crippen molar-refractivity contribution < 1.29 is 43.9 Å². The molecule has 0 aromatic rings. The van der Waals surface area contributed by atoms with E-state index in [0.29, 0.717) is 52.9 Å². The van der Waals surface area contributed by atoms with Gasteiger partial charge in [-0.25, -0.2) is 0 Å². The third-order valence-electron chi connectivity index (χ3n) is 3.97. The van der Waals surface area contributed by atoms with Gasteiger partial charge in [-0.1, -0.05) is 0 Å². The van der Waals surface area contributed by atoms with E-state index >= 15 is 0 Å². The van der Waals surface area contributed by atoms with Crippen molar-refractivity contribution in [3.8, 4) is 0 Å². The number of hydrogen-bond acceptors (Lipinski definition) is 10. The largest absolute Gasteiger partial charge is 0.680 e. The molecule has 0 aliphatic heterocycles. The van der Waals surface area contributed by atoms with E-state index in [4.69, 9.17) is 43.9 Å². The van der Waals surface area contributed by atoms with Crippen molar-refractivity contribution in [2.75, 3.05) is 52.9 Å². The molecular formula is C19H46O10Si3. The van der Waals surface area contributed by atoms with Crippen LogP contribution in [0.4, 0.5) is 0 Å². The van der Waals surface area contributed by atoms with Gasteiger partial charge in [0, 0.05) is 52.9 Å². The van der Waals surface area contributed by atoms with Crippen LogP contribution in [0.25, 0.3) is 0 Å². The van der Waals surface area contributed by atoms with Crippen LogP contribution in [0.2, 0.25) is 0 Å². The average Bonchev–Trinajstić information content (AvgIpc) is 2.69. The quantitative estimate of drug-likeness (QED) is 0.210. The zero-order valence-electron chi connectivity index (χ0n) is 21.7. The second kappa shape index (κ2) is 16.0. The average molecular weight is 519 g/mol. The summed E-state index contributed by atoms with van der Waals surface area (Å²) >= 11 is 0. The van der Waals surface area contributed by atoms with E-state index in [0.717, 1.165) is 0 Å². The van der Waals surface area contributed by atoms with E-state index in [9.17, 15) is 0 Å². The van der Waals surface area contributed by atoms with Gasteiger partial charge in [0.25, 0.3) is 0 Å². The molecule has 194 valence electrons. The minimum Gasteiger partial charge on any atom is -0.373 e. The van der Waals surface area contributed by atoms with E-state index in [1.165, 1.54) is 0 Å². The van der Waals surface area contributed by atoms with Gasteiger partial charge >= 0.3 is 26.9 Å². The first-order valence-corrected chi connectivity index (χ1v) is 16.7. The fraction of sp³-hybridized carbons (Fsp3) is 1.00. The summed E-state index contributed by atoms with van der Waals surface area (Å²) < 4.78 is 61.1. The van der Waals surface area contributed by atoms with Crippen LogP contribution in [0.3, 0.4) is 0 Å². The normalized spacial score (nSPS) is 13.7. The van der Waals surface area contributed by atoms with Gasteiger partial charge in [0.15, 0.2) is 0 Å². The van der Waals surface area contributed by atoms with Crippen LogP contribution in [0, 0.1) is 0 Å². The van der Waals surface area contributed by atoms with Crippen molar-refractivity contribution in [1.82, 2.24) is 0 Å². The monoisotopic (exact) mass is 518 g/mol. The lowest BCUT2D eigenvalue weighted by Gasteiger charge is -2.46. The van der Waals surface area contributed by atoms with Crippen LogP contribution < -0.4 is 0 Å². The zero-order valence-corrected chi connectivity index (χ0v) is 24.7. The van der Waals surface area contributed by atoms with E-state index in [2.05, 4.69) is 0 Å². The van der Waals surface area contributed by atoms with Gasteiger partial charge in [0.2, 0.25) is 0 Å². The summed E-state index contributed by atoms with van der Waals surface area (Å²) in [6.45, 7) is 21.3.